The van der Waals surface area contributed by atoms with Crippen molar-refractivity contribution >= 4 is 11.6 Å². The molecule has 0 aliphatic heterocycles. The van der Waals surface area contributed by atoms with Gasteiger partial charge in [0.1, 0.15) is 0 Å². The molecule has 27 heavy (non-hydrogen) atoms. The Bertz CT molecular complexity index is 789. The Morgan fingerprint density at radius 3 is 2.41 bits per heavy atom. The lowest BCUT2D eigenvalue weighted by Gasteiger charge is -2.22. The number of methoxy groups -OCH3 is 2. The van der Waals surface area contributed by atoms with E-state index in [-0.39, 0.29) is 11.9 Å². The summed E-state index contributed by atoms with van der Waals surface area (Å²) in [5.74, 6) is 1.49. The number of likely N-dealkylation sites (N-methyl/N-ethyl adjacent to an activating group) is 1. The Kier molecular flexibility index (Phi) is 7.25. The minimum absolute atomic E-state index is 0.0340. The number of aryl methyl sites for hydroxylation is 2. The van der Waals surface area contributed by atoms with Gasteiger partial charge in [0.15, 0.2) is 17.5 Å². The predicted octanol–water partition coefficient (Wildman–Crippen LogP) is 2.41. The van der Waals surface area contributed by atoms with E-state index in [0.29, 0.717) is 0 Å². The van der Waals surface area contributed by atoms with Gasteiger partial charge in [-0.2, -0.15) is 0 Å². The number of carbonyl (C=O) groups excluding carboxylic acids is 1. The van der Waals surface area contributed by atoms with Gasteiger partial charge in [-0.1, -0.05) is 23.8 Å². The molecule has 1 amide bonds. The Morgan fingerprint density at radius 2 is 1.78 bits per heavy atom. The van der Waals surface area contributed by atoms with Crippen LogP contribution in [0.2, 0.25) is 0 Å². The van der Waals surface area contributed by atoms with Crippen LogP contribution in [0, 0.1) is 13.8 Å². The molecule has 0 spiro atoms. The largest absolute Gasteiger partial charge is 0.493 e. The molecule has 2 aromatic rings. The van der Waals surface area contributed by atoms with Crippen molar-refractivity contribution in [1.29, 1.82) is 0 Å². The average molecular weight is 372 g/mol. The van der Waals surface area contributed by atoms with Crippen molar-refractivity contribution in [3.05, 3.63) is 53.1 Å². The number of ether oxygens (including phenoxy) is 2. The van der Waals surface area contributed by atoms with Crippen LogP contribution >= 0.6 is 0 Å². The van der Waals surface area contributed by atoms with Crippen molar-refractivity contribution in [2.24, 2.45) is 0 Å². The van der Waals surface area contributed by atoms with Crippen molar-refractivity contribution in [3.8, 4) is 11.5 Å². The maximum absolute atomic E-state index is 12.6. The van der Waals surface area contributed by atoms with E-state index < -0.39 is 0 Å². The molecule has 0 fully saturated rings. The average Bonchev–Trinajstić information content (AvgIpc) is 2.67. The number of hydrogen-bond donors (Lipinski definition) is 2. The second kappa shape index (κ2) is 9.42. The lowest BCUT2D eigenvalue weighted by Crippen LogP contribution is -3.14. The van der Waals surface area contributed by atoms with Crippen LogP contribution in [-0.4, -0.2) is 39.8 Å². The Labute approximate surface area is 162 Å². The number of rotatable bonds is 8. The monoisotopic (exact) mass is 371 g/mol. The van der Waals surface area contributed by atoms with E-state index in [0.717, 1.165) is 46.2 Å². The molecule has 1 unspecified atom stereocenters. The van der Waals surface area contributed by atoms with Gasteiger partial charge >= 0.3 is 0 Å². The fourth-order valence-corrected chi connectivity index (χ4v) is 3.01. The number of amides is 1. The van der Waals surface area contributed by atoms with Crippen LogP contribution in [0.4, 0.5) is 5.69 Å². The van der Waals surface area contributed by atoms with Crippen molar-refractivity contribution in [2.45, 2.75) is 33.2 Å². The van der Waals surface area contributed by atoms with Gasteiger partial charge in [0.2, 0.25) is 0 Å². The number of nitrogens with one attached hydrogen (secondary N) is 2. The maximum Gasteiger partial charge on any atom is 0.282 e. The molecule has 2 rings (SSSR count). The zero-order chi connectivity index (χ0) is 20.0. The van der Waals surface area contributed by atoms with Gasteiger partial charge < -0.3 is 19.7 Å². The summed E-state index contributed by atoms with van der Waals surface area (Å²) in [4.78, 5) is 13.8. The molecule has 2 N–H and O–H groups in total. The molecule has 5 heteroatoms. The van der Waals surface area contributed by atoms with Gasteiger partial charge in [0.05, 0.1) is 27.8 Å². The van der Waals surface area contributed by atoms with Crippen LogP contribution in [-0.2, 0) is 11.2 Å². The van der Waals surface area contributed by atoms with E-state index in [1.54, 1.807) is 14.2 Å². The predicted molar refractivity (Wildman–Crippen MR) is 109 cm³/mol. The van der Waals surface area contributed by atoms with Crippen LogP contribution in [0.3, 0.4) is 0 Å². The first kappa shape index (κ1) is 20.8. The van der Waals surface area contributed by atoms with Crippen molar-refractivity contribution in [3.63, 3.8) is 0 Å². The van der Waals surface area contributed by atoms with Crippen LogP contribution in [0.5, 0.6) is 11.5 Å². The first-order valence-electron chi connectivity index (χ1n) is 9.27. The van der Waals surface area contributed by atoms with Crippen LogP contribution in [0.1, 0.15) is 23.6 Å². The molecule has 0 aromatic heterocycles. The lowest BCUT2D eigenvalue weighted by atomic mass is 10.1. The normalized spacial score (nSPS) is 13.0. The van der Waals surface area contributed by atoms with E-state index in [1.165, 1.54) is 5.56 Å². The fraction of sp³-hybridized carbons (Fsp3) is 0.409. The molecule has 2 atom stereocenters. The van der Waals surface area contributed by atoms with E-state index in [9.17, 15) is 4.79 Å². The smallest absolute Gasteiger partial charge is 0.282 e. The zero-order valence-corrected chi connectivity index (χ0v) is 17.2. The highest BCUT2D eigenvalue weighted by Crippen LogP contribution is 2.27. The standard InChI is InChI=1S/C22H30N2O3/c1-15-7-9-19(16(2)13-15)23-22(25)17(3)24(4)12-11-18-8-10-20(26-5)21(14-18)27-6/h7-10,13-14,17H,11-12H2,1-6H3,(H,23,25)/p+1/t17-/m0/s1. The highest BCUT2D eigenvalue weighted by molar-refractivity contribution is 5.94. The molecule has 0 aliphatic rings. The second-order valence-electron chi connectivity index (χ2n) is 7.07. The molecule has 2 aromatic carbocycles. The number of anilines is 1. The molecular weight excluding hydrogens is 340 g/mol. The molecule has 5 nitrogen and oxygen atoms in total. The molecular formula is C22H31N2O3+. The van der Waals surface area contributed by atoms with E-state index in [2.05, 4.69) is 11.4 Å². The molecule has 0 saturated carbocycles. The fourth-order valence-electron chi connectivity index (χ4n) is 3.01. The summed E-state index contributed by atoms with van der Waals surface area (Å²) in [5.41, 5.74) is 4.31. The molecule has 0 radical (unpaired) electrons. The minimum atomic E-state index is -0.147. The summed E-state index contributed by atoms with van der Waals surface area (Å²) < 4.78 is 10.6. The summed E-state index contributed by atoms with van der Waals surface area (Å²) in [6.45, 7) is 6.87. The highest BCUT2D eigenvalue weighted by atomic mass is 16.5. The van der Waals surface area contributed by atoms with Crippen LogP contribution < -0.4 is 19.7 Å². The third-order valence-electron chi connectivity index (χ3n) is 5.03. The first-order valence-corrected chi connectivity index (χ1v) is 9.27. The van der Waals surface area contributed by atoms with Crippen molar-refractivity contribution < 1.29 is 19.2 Å². The summed E-state index contributed by atoms with van der Waals surface area (Å²) in [6, 6.07) is 11.9. The van der Waals surface area contributed by atoms with Crippen LogP contribution in [0.25, 0.3) is 0 Å². The maximum atomic E-state index is 12.6. The van der Waals surface area contributed by atoms with Crippen LogP contribution in [0.15, 0.2) is 36.4 Å². The Morgan fingerprint density at radius 1 is 1.07 bits per heavy atom. The summed E-state index contributed by atoms with van der Waals surface area (Å²) in [6.07, 6.45) is 0.855. The number of carbonyl (C=O) groups is 1. The molecule has 0 saturated heterocycles. The van der Waals surface area contributed by atoms with E-state index in [4.69, 9.17) is 9.47 Å². The number of hydrogen-bond acceptors (Lipinski definition) is 3. The van der Waals surface area contributed by atoms with Gasteiger partial charge in [-0.25, -0.2) is 0 Å². The third kappa shape index (κ3) is 5.47. The SMILES string of the molecule is COc1ccc(CC[NH+](C)[C@@H](C)C(=O)Nc2ccc(C)cc2C)cc1OC. The molecule has 0 aliphatic carbocycles. The summed E-state index contributed by atoms with van der Waals surface area (Å²) in [7, 11) is 5.32. The Balaban J connectivity index is 1.94. The Hall–Kier alpha value is -2.53. The van der Waals surface area contributed by atoms with Gasteiger partial charge in [-0.05, 0) is 50.1 Å². The molecule has 0 bridgehead atoms. The summed E-state index contributed by atoms with van der Waals surface area (Å²) in [5, 5.41) is 3.05. The molecule has 146 valence electrons. The summed E-state index contributed by atoms with van der Waals surface area (Å²) >= 11 is 0. The van der Waals surface area contributed by atoms with Gasteiger partial charge in [0.25, 0.3) is 5.91 Å². The van der Waals surface area contributed by atoms with E-state index >= 15 is 0 Å². The third-order valence-corrected chi connectivity index (χ3v) is 5.03. The topological polar surface area (TPSA) is 52.0 Å². The van der Waals surface area contributed by atoms with Gasteiger partial charge in [-0.3, -0.25) is 4.79 Å². The quantitative estimate of drug-likeness (QED) is 0.749. The van der Waals surface area contributed by atoms with E-state index in [1.807, 2.05) is 58.2 Å². The minimum Gasteiger partial charge on any atom is -0.493 e. The highest BCUT2D eigenvalue weighted by Gasteiger charge is 2.22. The lowest BCUT2D eigenvalue weighted by molar-refractivity contribution is -0.893. The van der Waals surface area contributed by atoms with Gasteiger partial charge in [0, 0.05) is 12.1 Å². The number of quaternary nitrogens is 1. The second-order valence-corrected chi connectivity index (χ2v) is 7.07. The van der Waals surface area contributed by atoms with Crippen molar-refractivity contribution in [1.82, 2.24) is 0 Å². The van der Waals surface area contributed by atoms with Crippen molar-refractivity contribution in [2.75, 3.05) is 33.1 Å². The zero-order valence-electron chi connectivity index (χ0n) is 17.2. The number of benzene rings is 2. The van der Waals surface area contributed by atoms with Gasteiger partial charge in [-0.15, -0.1) is 0 Å². The molecule has 0 heterocycles. The first-order chi connectivity index (χ1) is 12.8.